The van der Waals surface area contributed by atoms with Crippen LogP contribution in [-0.4, -0.2) is 21.5 Å². The summed E-state index contributed by atoms with van der Waals surface area (Å²) in [5.74, 6) is 0.178. The Morgan fingerprint density at radius 3 is 1.20 bits per heavy atom. The second-order valence-electron chi connectivity index (χ2n) is 5.02. The van der Waals surface area contributed by atoms with Crippen molar-refractivity contribution >= 4 is 11.6 Å². The molecule has 0 N–H and O–H groups in total. The summed E-state index contributed by atoms with van der Waals surface area (Å²) < 4.78 is 0. The summed E-state index contributed by atoms with van der Waals surface area (Å²) in [7, 11) is 0. The summed E-state index contributed by atoms with van der Waals surface area (Å²) in [4.78, 5) is 32.8. The number of hydrogen-bond acceptors (Lipinski definition) is 4. The van der Waals surface area contributed by atoms with Crippen LogP contribution in [0.15, 0.2) is 36.4 Å². The van der Waals surface area contributed by atoms with Crippen molar-refractivity contribution in [3.8, 4) is 0 Å². The molecule has 3 rings (SSSR count). The minimum Gasteiger partial charge on any atom is -0.299 e. The van der Waals surface area contributed by atoms with E-state index in [1.165, 1.54) is 0 Å². The van der Waals surface area contributed by atoms with Crippen LogP contribution in [0.25, 0.3) is 0 Å². The van der Waals surface area contributed by atoms with E-state index in [9.17, 15) is 9.59 Å². The molecule has 0 atom stereocenters. The largest absolute Gasteiger partial charge is 0.299 e. The van der Waals surface area contributed by atoms with Gasteiger partial charge < -0.3 is 0 Å². The van der Waals surface area contributed by atoms with E-state index < -0.39 is 0 Å². The lowest BCUT2D eigenvalue weighted by Gasteiger charge is -2.08. The van der Waals surface area contributed by atoms with E-state index in [0.717, 1.165) is 22.8 Å². The van der Waals surface area contributed by atoms with E-state index in [4.69, 9.17) is 0 Å². The molecular formula is C16H14N2O2. The summed E-state index contributed by atoms with van der Waals surface area (Å²) in [6.45, 7) is 0. The van der Waals surface area contributed by atoms with Crippen LogP contribution in [0.4, 0.5) is 0 Å². The first-order chi connectivity index (χ1) is 9.69. The Balaban J connectivity index is 1.97. The van der Waals surface area contributed by atoms with E-state index in [1.807, 2.05) is 36.4 Å². The molecule has 4 bridgehead atoms. The summed E-state index contributed by atoms with van der Waals surface area (Å²) in [5, 5.41) is 0. The smallest absolute Gasteiger partial charge is 0.144 e. The first kappa shape index (κ1) is 12.7. The van der Waals surface area contributed by atoms with E-state index in [2.05, 4.69) is 9.97 Å². The van der Waals surface area contributed by atoms with Gasteiger partial charge in [-0.15, -0.1) is 0 Å². The number of carbonyl (C=O) groups is 2. The highest BCUT2D eigenvalue weighted by molar-refractivity contribution is 5.84. The molecule has 4 nitrogen and oxygen atoms in total. The second-order valence-corrected chi connectivity index (χ2v) is 5.02. The van der Waals surface area contributed by atoms with Crippen LogP contribution in [0, 0.1) is 0 Å². The lowest BCUT2D eigenvalue weighted by atomic mass is 10.0. The predicted octanol–water partition coefficient (Wildman–Crippen LogP) is 1.50. The molecule has 0 amide bonds. The van der Waals surface area contributed by atoms with Crippen LogP contribution >= 0.6 is 0 Å². The van der Waals surface area contributed by atoms with E-state index >= 15 is 0 Å². The summed E-state index contributed by atoms with van der Waals surface area (Å²) >= 11 is 0. The zero-order chi connectivity index (χ0) is 13.9. The normalized spacial score (nSPS) is 15.4. The van der Waals surface area contributed by atoms with Crippen molar-refractivity contribution in [2.45, 2.75) is 25.7 Å². The predicted molar refractivity (Wildman–Crippen MR) is 73.3 cm³/mol. The summed E-state index contributed by atoms with van der Waals surface area (Å²) in [5.41, 5.74) is 2.88. The molecule has 0 saturated heterocycles. The molecule has 0 spiro atoms. The summed E-state index contributed by atoms with van der Waals surface area (Å²) in [6, 6.07) is 11.0. The molecular weight excluding hydrogens is 252 g/mol. The maximum absolute atomic E-state index is 12.0. The van der Waals surface area contributed by atoms with Gasteiger partial charge in [-0.2, -0.15) is 0 Å². The molecule has 0 saturated carbocycles. The molecule has 2 aromatic heterocycles. The van der Waals surface area contributed by atoms with Crippen LogP contribution in [0.2, 0.25) is 0 Å². The first-order valence-corrected chi connectivity index (χ1v) is 6.62. The van der Waals surface area contributed by atoms with Crippen molar-refractivity contribution in [1.82, 2.24) is 9.97 Å². The number of rotatable bonds is 0. The van der Waals surface area contributed by atoms with Crippen LogP contribution in [0.5, 0.6) is 0 Å². The van der Waals surface area contributed by atoms with Gasteiger partial charge >= 0.3 is 0 Å². The molecule has 1 aliphatic rings. The maximum atomic E-state index is 12.0. The third-order valence-corrected chi connectivity index (χ3v) is 3.24. The van der Waals surface area contributed by atoms with Crippen LogP contribution in [-0.2, 0) is 35.3 Å². The SMILES string of the molecule is O=C1Cc2cccc(n2)CC(=O)Cc2cccc(n2)C1. The number of ketones is 2. The molecule has 100 valence electrons. The number of hydrogen-bond donors (Lipinski definition) is 0. The standard InChI is InChI=1S/C16H14N2O2/c19-15-7-11-3-1-4-12(17-11)8-16(20)10-14-6-2-5-13(9-15)18-14/h1-6H,7-10H2. The topological polar surface area (TPSA) is 59.9 Å². The van der Waals surface area contributed by atoms with E-state index in [1.54, 1.807) is 0 Å². The molecule has 1 aliphatic heterocycles. The molecule has 2 aromatic rings. The van der Waals surface area contributed by atoms with Gasteiger partial charge in [-0.25, -0.2) is 0 Å². The molecule has 0 fully saturated rings. The van der Waals surface area contributed by atoms with E-state index in [0.29, 0.717) is 0 Å². The van der Waals surface area contributed by atoms with Crippen molar-refractivity contribution < 1.29 is 9.59 Å². The van der Waals surface area contributed by atoms with Gasteiger partial charge in [-0.3, -0.25) is 19.6 Å². The minimum absolute atomic E-state index is 0.0891. The number of nitrogens with zero attached hydrogens (tertiary/aromatic N) is 2. The van der Waals surface area contributed by atoms with Gasteiger partial charge in [0, 0.05) is 48.5 Å². The molecule has 0 aromatic carbocycles. The number of fused-ring (bicyclic) bond motifs is 4. The highest BCUT2D eigenvalue weighted by atomic mass is 16.1. The van der Waals surface area contributed by atoms with Gasteiger partial charge in [-0.1, -0.05) is 12.1 Å². The fourth-order valence-electron chi connectivity index (χ4n) is 2.39. The Kier molecular flexibility index (Phi) is 3.37. The number of pyridine rings is 2. The van der Waals surface area contributed by atoms with Crippen molar-refractivity contribution in [3.63, 3.8) is 0 Å². The zero-order valence-corrected chi connectivity index (χ0v) is 11.0. The Bertz CT molecular complexity index is 574. The fourth-order valence-corrected chi connectivity index (χ4v) is 2.39. The van der Waals surface area contributed by atoms with Crippen molar-refractivity contribution in [2.24, 2.45) is 0 Å². The molecule has 0 radical (unpaired) electrons. The number of aromatic nitrogens is 2. The highest BCUT2D eigenvalue weighted by Crippen LogP contribution is 2.09. The Morgan fingerprint density at radius 2 is 0.900 bits per heavy atom. The Morgan fingerprint density at radius 1 is 0.600 bits per heavy atom. The molecule has 0 unspecified atom stereocenters. The third kappa shape index (κ3) is 2.96. The average Bonchev–Trinajstić information content (AvgIpc) is 2.38. The van der Waals surface area contributed by atoms with Gasteiger partial charge in [0.15, 0.2) is 0 Å². The Labute approximate surface area is 116 Å². The quantitative estimate of drug-likeness (QED) is 0.725. The van der Waals surface area contributed by atoms with Gasteiger partial charge in [0.2, 0.25) is 0 Å². The molecule has 4 heteroatoms. The molecule has 3 heterocycles. The minimum atomic E-state index is 0.0891. The second kappa shape index (κ2) is 5.33. The van der Waals surface area contributed by atoms with Gasteiger partial charge in [0.25, 0.3) is 0 Å². The number of Topliss-reactive ketones (excluding diaryl/α,β-unsaturated/α-hetero) is 2. The monoisotopic (exact) mass is 266 g/mol. The first-order valence-electron chi connectivity index (χ1n) is 6.62. The average molecular weight is 266 g/mol. The molecule has 0 aliphatic carbocycles. The number of carbonyl (C=O) groups excluding carboxylic acids is 2. The van der Waals surface area contributed by atoms with Crippen molar-refractivity contribution in [3.05, 3.63) is 59.2 Å². The highest BCUT2D eigenvalue weighted by Gasteiger charge is 2.13. The zero-order valence-electron chi connectivity index (χ0n) is 11.0. The maximum Gasteiger partial charge on any atom is 0.144 e. The van der Waals surface area contributed by atoms with Gasteiger partial charge in [-0.05, 0) is 24.3 Å². The van der Waals surface area contributed by atoms with Crippen LogP contribution in [0.3, 0.4) is 0 Å². The van der Waals surface area contributed by atoms with Gasteiger partial charge in [0.1, 0.15) is 11.6 Å². The third-order valence-electron chi connectivity index (χ3n) is 3.24. The van der Waals surface area contributed by atoms with Crippen molar-refractivity contribution in [1.29, 1.82) is 0 Å². The van der Waals surface area contributed by atoms with E-state index in [-0.39, 0.29) is 37.2 Å². The van der Waals surface area contributed by atoms with Crippen LogP contribution < -0.4 is 0 Å². The lowest BCUT2D eigenvalue weighted by Crippen LogP contribution is -2.15. The lowest BCUT2D eigenvalue weighted by molar-refractivity contribution is -0.118. The van der Waals surface area contributed by atoms with Crippen molar-refractivity contribution in [2.75, 3.05) is 0 Å². The van der Waals surface area contributed by atoms with Crippen LogP contribution in [0.1, 0.15) is 22.8 Å². The fraction of sp³-hybridized carbons (Fsp3) is 0.250. The van der Waals surface area contributed by atoms with Gasteiger partial charge in [0.05, 0.1) is 0 Å². The molecule has 20 heavy (non-hydrogen) atoms. The Hall–Kier alpha value is -2.36. The summed E-state index contributed by atoms with van der Waals surface area (Å²) in [6.07, 6.45) is 1.14.